The van der Waals surface area contributed by atoms with Gasteiger partial charge in [0, 0.05) is 6.42 Å². The van der Waals surface area contributed by atoms with E-state index in [0.29, 0.717) is 0 Å². The first-order valence-electron chi connectivity index (χ1n) is 5.55. The number of hydrogen-bond donors (Lipinski definition) is 1. The third kappa shape index (κ3) is 3.51. The van der Waals surface area contributed by atoms with E-state index in [1.54, 1.807) is 0 Å². The highest BCUT2D eigenvalue weighted by molar-refractivity contribution is 5.85. The van der Waals surface area contributed by atoms with Gasteiger partial charge in [-0.1, -0.05) is 49.6 Å². The molecule has 0 heterocycles. The van der Waals surface area contributed by atoms with Gasteiger partial charge in [0.05, 0.1) is 5.60 Å². The number of halogens is 1. The highest BCUT2D eigenvalue weighted by Gasteiger charge is 2.28. The molecule has 0 radical (unpaired) electrons. The van der Waals surface area contributed by atoms with Crippen LogP contribution in [0.3, 0.4) is 0 Å². The molecule has 0 spiro atoms. The van der Waals surface area contributed by atoms with E-state index < -0.39 is 5.60 Å². The Labute approximate surface area is 97.9 Å². The van der Waals surface area contributed by atoms with Gasteiger partial charge in [-0.25, -0.2) is 0 Å². The molecule has 2 heteroatoms. The van der Waals surface area contributed by atoms with Crippen LogP contribution in [-0.2, 0) is 6.42 Å². The summed E-state index contributed by atoms with van der Waals surface area (Å²) < 4.78 is 0. The summed E-state index contributed by atoms with van der Waals surface area (Å²) >= 11 is 0. The average molecular weight is 227 g/mol. The van der Waals surface area contributed by atoms with Gasteiger partial charge in [0.1, 0.15) is 0 Å². The van der Waals surface area contributed by atoms with Crippen LogP contribution in [-0.4, -0.2) is 10.7 Å². The fourth-order valence-corrected chi connectivity index (χ4v) is 2.36. The molecule has 0 atom stereocenters. The van der Waals surface area contributed by atoms with Gasteiger partial charge in [0.15, 0.2) is 0 Å². The van der Waals surface area contributed by atoms with Gasteiger partial charge in [-0.2, -0.15) is 0 Å². The highest BCUT2D eigenvalue weighted by Crippen LogP contribution is 2.30. The molecule has 84 valence electrons. The largest absolute Gasteiger partial charge is 0.390 e. The summed E-state index contributed by atoms with van der Waals surface area (Å²) in [6.45, 7) is 0. The predicted octanol–water partition coefficient (Wildman–Crippen LogP) is 3.35. The molecule has 1 saturated carbocycles. The Kier molecular flexibility index (Phi) is 4.62. The van der Waals surface area contributed by atoms with Crippen LogP contribution in [0.1, 0.15) is 37.7 Å². The van der Waals surface area contributed by atoms with E-state index in [9.17, 15) is 5.11 Å². The van der Waals surface area contributed by atoms with Gasteiger partial charge in [0.2, 0.25) is 0 Å². The first kappa shape index (κ1) is 12.5. The third-order valence-electron chi connectivity index (χ3n) is 3.16. The lowest BCUT2D eigenvalue weighted by molar-refractivity contribution is 0.00449. The first-order valence-corrected chi connectivity index (χ1v) is 5.55. The van der Waals surface area contributed by atoms with Crippen molar-refractivity contribution in [2.45, 2.75) is 44.1 Å². The maximum atomic E-state index is 10.3. The number of hydrogen-bond acceptors (Lipinski definition) is 1. The zero-order chi connectivity index (χ0) is 9.86. The van der Waals surface area contributed by atoms with Crippen molar-refractivity contribution in [3.63, 3.8) is 0 Å². The number of aliphatic hydroxyl groups is 1. The molecule has 2 rings (SSSR count). The molecule has 15 heavy (non-hydrogen) atoms. The van der Waals surface area contributed by atoms with Gasteiger partial charge in [-0.3, -0.25) is 0 Å². The van der Waals surface area contributed by atoms with Crippen molar-refractivity contribution in [1.29, 1.82) is 0 Å². The Hall–Kier alpha value is -0.530. The van der Waals surface area contributed by atoms with E-state index in [1.807, 2.05) is 18.2 Å². The number of benzene rings is 1. The Bertz CT molecular complexity index is 278. The van der Waals surface area contributed by atoms with Crippen molar-refractivity contribution in [3.05, 3.63) is 35.9 Å². The molecule has 0 amide bonds. The molecule has 1 aliphatic rings. The predicted molar refractivity (Wildman–Crippen MR) is 65.4 cm³/mol. The van der Waals surface area contributed by atoms with Gasteiger partial charge < -0.3 is 5.11 Å². The second-order valence-electron chi connectivity index (χ2n) is 4.45. The molecule has 0 bridgehead atoms. The monoisotopic (exact) mass is 226 g/mol. The van der Waals surface area contributed by atoms with Crippen molar-refractivity contribution < 1.29 is 5.11 Å². The summed E-state index contributed by atoms with van der Waals surface area (Å²) in [5.41, 5.74) is 0.844. The van der Waals surface area contributed by atoms with Gasteiger partial charge in [0.25, 0.3) is 0 Å². The molecular weight excluding hydrogens is 208 g/mol. The van der Waals surface area contributed by atoms with Crippen molar-refractivity contribution in [2.75, 3.05) is 0 Å². The van der Waals surface area contributed by atoms with Crippen LogP contribution in [0.25, 0.3) is 0 Å². The minimum absolute atomic E-state index is 0. The first-order chi connectivity index (χ1) is 6.79. The summed E-state index contributed by atoms with van der Waals surface area (Å²) in [6.07, 6.45) is 6.43. The van der Waals surface area contributed by atoms with E-state index >= 15 is 0 Å². The van der Waals surface area contributed by atoms with E-state index in [0.717, 1.165) is 19.3 Å². The van der Waals surface area contributed by atoms with Crippen molar-refractivity contribution in [1.82, 2.24) is 0 Å². The standard InChI is InChI=1S/C13H18O.ClH/c14-13(9-5-2-6-10-13)11-12-7-3-1-4-8-12;/h1,3-4,7-8,14H,2,5-6,9-11H2;1H. The Morgan fingerprint density at radius 1 is 1.00 bits per heavy atom. The summed E-state index contributed by atoms with van der Waals surface area (Å²) in [5.74, 6) is 0. The Morgan fingerprint density at radius 2 is 1.60 bits per heavy atom. The van der Waals surface area contributed by atoms with E-state index in [1.165, 1.54) is 24.8 Å². The highest BCUT2D eigenvalue weighted by atomic mass is 35.5. The molecule has 0 aromatic heterocycles. The molecule has 1 nitrogen and oxygen atoms in total. The second kappa shape index (κ2) is 5.53. The lowest BCUT2D eigenvalue weighted by Gasteiger charge is -2.32. The molecule has 1 aliphatic carbocycles. The van der Waals surface area contributed by atoms with Crippen LogP contribution < -0.4 is 0 Å². The fourth-order valence-electron chi connectivity index (χ4n) is 2.36. The molecule has 0 unspecified atom stereocenters. The third-order valence-corrected chi connectivity index (χ3v) is 3.16. The van der Waals surface area contributed by atoms with Crippen molar-refractivity contribution in [2.24, 2.45) is 0 Å². The molecular formula is C13H19ClO. The summed E-state index contributed by atoms with van der Waals surface area (Å²) in [7, 11) is 0. The topological polar surface area (TPSA) is 20.2 Å². The van der Waals surface area contributed by atoms with Crippen LogP contribution in [0, 0.1) is 0 Å². The molecule has 1 fully saturated rings. The quantitative estimate of drug-likeness (QED) is 0.820. The Morgan fingerprint density at radius 3 is 2.20 bits per heavy atom. The smallest absolute Gasteiger partial charge is 0.0688 e. The molecule has 1 N–H and O–H groups in total. The van der Waals surface area contributed by atoms with Crippen molar-refractivity contribution in [3.8, 4) is 0 Å². The molecule has 0 aliphatic heterocycles. The van der Waals surface area contributed by atoms with Crippen LogP contribution in [0.5, 0.6) is 0 Å². The molecule has 0 saturated heterocycles. The minimum Gasteiger partial charge on any atom is -0.390 e. The maximum absolute atomic E-state index is 10.3. The molecule has 1 aromatic rings. The molecule has 1 aromatic carbocycles. The van der Waals surface area contributed by atoms with Gasteiger partial charge >= 0.3 is 0 Å². The lowest BCUT2D eigenvalue weighted by atomic mass is 9.80. The summed E-state index contributed by atoms with van der Waals surface area (Å²) in [6, 6.07) is 10.3. The lowest BCUT2D eigenvalue weighted by Crippen LogP contribution is -2.33. The Balaban J connectivity index is 0.00000112. The normalized spacial score (nSPS) is 19.3. The van der Waals surface area contributed by atoms with E-state index in [2.05, 4.69) is 12.1 Å². The van der Waals surface area contributed by atoms with Crippen LogP contribution in [0.4, 0.5) is 0 Å². The second-order valence-corrected chi connectivity index (χ2v) is 4.45. The summed E-state index contributed by atoms with van der Waals surface area (Å²) in [4.78, 5) is 0. The minimum atomic E-state index is -0.417. The summed E-state index contributed by atoms with van der Waals surface area (Å²) in [5, 5.41) is 10.3. The SMILES string of the molecule is Cl.OC1(Cc2ccccc2)CCCCC1. The van der Waals surface area contributed by atoms with E-state index in [4.69, 9.17) is 0 Å². The van der Waals surface area contributed by atoms with Gasteiger partial charge in [-0.05, 0) is 18.4 Å². The fraction of sp³-hybridized carbons (Fsp3) is 0.538. The van der Waals surface area contributed by atoms with Gasteiger partial charge in [-0.15, -0.1) is 12.4 Å². The van der Waals surface area contributed by atoms with E-state index in [-0.39, 0.29) is 12.4 Å². The average Bonchev–Trinajstić information content (AvgIpc) is 2.19. The number of rotatable bonds is 2. The zero-order valence-electron chi connectivity index (χ0n) is 8.98. The van der Waals surface area contributed by atoms with Crippen LogP contribution >= 0.6 is 12.4 Å². The zero-order valence-corrected chi connectivity index (χ0v) is 9.80. The van der Waals surface area contributed by atoms with Crippen molar-refractivity contribution >= 4 is 12.4 Å². The van der Waals surface area contributed by atoms with Crippen LogP contribution in [0.15, 0.2) is 30.3 Å². The van der Waals surface area contributed by atoms with Crippen LogP contribution in [0.2, 0.25) is 0 Å². The maximum Gasteiger partial charge on any atom is 0.0688 e.